The monoisotopic (exact) mass is 265 g/mol. The number of benzene rings is 1. The van der Waals surface area contributed by atoms with Gasteiger partial charge in [0.1, 0.15) is 5.69 Å². The maximum absolute atomic E-state index is 10.7. The third-order valence-electron chi connectivity index (χ3n) is 3.48. The van der Waals surface area contributed by atoms with Gasteiger partial charge in [-0.2, -0.15) is 0 Å². The number of nitrogens with zero attached hydrogens (tertiary/aromatic N) is 1. The number of rotatable bonds is 6. The lowest BCUT2D eigenvalue weighted by atomic mass is 9.85. The van der Waals surface area contributed by atoms with Crippen molar-refractivity contribution in [1.29, 1.82) is 0 Å². The highest BCUT2D eigenvalue weighted by atomic mass is 16.6. The van der Waals surface area contributed by atoms with Crippen molar-refractivity contribution in [3.05, 3.63) is 28.3 Å². The van der Waals surface area contributed by atoms with E-state index in [9.17, 15) is 10.1 Å². The lowest BCUT2D eigenvalue weighted by Gasteiger charge is -2.25. The Kier molecular flexibility index (Phi) is 5.15. The van der Waals surface area contributed by atoms with Crippen molar-refractivity contribution in [3.63, 3.8) is 0 Å². The van der Waals surface area contributed by atoms with Crippen molar-refractivity contribution in [2.75, 3.05) is 17.6 Å². The first-order valence-corrected chi connectivity index (χ1v) is 6.60. The summed E-state index contributed by atoms with van der Waals surface area (Å²) in [6.07, 6.45) is 0. The molecule has 0 aliphatic carbocycles. The highest BCUT2D eigenvalue weighted by molar-refractivity contribution is 5.65. The van der Waals surface area contributed by atoms with E-state index >= 15 is 0 Å². The quantitative estimate of drug-likeness (QED) is 0.468. The molecule has 0 fully saturated rings. The molecule has 5 heteroatoms. The molecule has 0 amide bonds. The third-order valence-corrected chi connectivity index (χ3v) is 3.48. The summed E-state index contributed by atoms with van der Waals surface area (Å²) < 4.78 is 0. The number of nitrogen functional groups attached to an aromatic ring is 1. The zero-order valence-electron chi connectivity index (χ0n) is 12.0. The van der Waals surface area contributed by atoms with Crippen LogP contribution in [0.1, 0.15) is 27.7 Å². The molecule has 0 saturated carbocycles. The van der Waals surface area contributed by atoms with Gasteiger partial charge in [-0.15, -0.1) is 0 Å². The SMILES string of the molecule is CC(C)C(CNc1ccc([N+](=O)[O-])c(N)c1)C(C)C. The Labute approximate surface area is 114 Å². The molecule has 0 aliphatic rings. The molecule has 1 aromatic rings. The average Bonchev–Trinajstić information content (AvgIpc) is 2.27. The molecule has 0 aliphatic heterocycles. The second-order valence-electron chi connectivity index (χ2n) is 5.56. The molecule has 0 bridgehead atoms. The van der Waals surface area contributed by atoms with E-state index in [1.807, 2.05) is 0 Å². The highest BCUT2D eigenvalue weighted by Gasteiger charge is 2.17. The lowest BCUT2D eigenvalue weighted by molar-refractivity contribution is -0.383. The smallest absolute Gasteiger partial charge is 0.292 e. The lowest BCUT2D eigenvalue weighted by Crippen LogP contribution is -2.24. The molecule has 0 spiro atoms. The zero-order valence-corrected chi connectivity index (χ0v) is 12.0. The summed E-state index contributed by atoms with van der Waals surface area (Å²) in [4.78, 5) is 10.2. The summed E-state index contributed by atoms with van der Waals surface area (Å²) in [7, 11) is 0. The number of nitro benzene ring substituents is 1. The first-order valence-electron chi connectivity index (χ1n) is 6.60. The van der Waals surface area contributed by atoms with Crippen molar-refractivity contribution in [2.24, 2.45) is 17.8 Å². The molecule has 5 nitrogen and oxygen atoms in total. The van der Waals surface area contributed by atoms with Gasteiger partial charge >= 0.3 is 0 Å². The summed E-state index contributed by atoms with van der Waals surface area (Å²) in [6.45, 7) is 9.66. The molecule has 19 heavy (non-hydrogen) atoms. The van der Waals surface area contributed by atoms with Crippen LogP contribution in [0, 0.1) is 27.9 Å². The van der Waals surface area contributed by atoms with Crippen LogP contribution >= 0.6 is 0 Å². The maximum Gasteiger partial charge on any atom is 0.292 e. The predicted octanol–water partition coefficient (Wildman–Crippen LogP) is 3.52. The van der Waals surface area contributed by atoms with Gasteiger partial charge < -0.3 is 11.1 Å². The van der Waals surface area contributed by atoms with Gasteiger partial charge in [-0.05, 0) is 29.9 Å². The van der Waals surface area contributed by atoms with E-state index in [-0.39, 0.29) is 11.4 Å². The Bertz CT molecular complexity index is 436. The van der Waals surface area contributed by atoms with E-state index in [0.717, 1.165) is 12.2 Å². The molecule has 106 valence electrons. The minimum absolute atomic E-state index is 0.0465. The van der Waals surface area contributed by atoms with Crippen LogP contribution in [-0.2, 0) is 0 Å². The molecule has 0 radical (unpaired) electrons. The standard InChI is InChI=1S/C14H23N3O2/c1-9(2)12(10(3)4)8-16-11-5-6-14(17(18)19)13(15)7-11/h5-7,9-10,12,16H,8,15H2,1-4H3. The van der Waals surface area contributed by atoms with E-state index in [4.69, 9.17) is 5.73 Å². The van der Waals surface area contributed by atoms with Crippen molar-refractivity contribution in [2.45, 2.75) is 27.7 Å². The number of anilines is 2. The molecule has 0 heterocycles. The van der Waals surface area contributed by atoms with Crippen molar-refractivity contribution in [3.8, 4) is 0 Å². The first kappa shape index (κ1) is 15.3. The fourth-order valence-corrected chi connectivity index (χ4v) is 2.31. The van der Waals surface area contributed by atoms with Gasteiger partial charge in [0.15, 0.2) is 0 Å². The van der Waals surface area contributed by atoms with Gasteiger partial charge in [-0.3, -0.25) is 10.1 Å². The van der Waals surface area contributed by atoms with Crippen molar-refractivity contribution in [1.82, 2.24) is 0 Å². The topological polar surface area (TPSA) is 81.2 Å². The predicted molar refractivity (Wildman–Crippen MR) is 79.2 cm³/mol. The van der Waals surface area contributed by atoms with E-state index in [2.05, 4.69) is 33.0 Å². The molecule has 0 saturated heterocycles. The third kappa shape index (κ3) is 4.12. The molecule has 1 rings (SSSR count). The molecular formula is C14H23N3O2. The van der Waals surface area contributed by atoms with E-state index < -0.39 is 4.92 Å². The summed E-state index contributed by atoms with van der Waals surface area (Å²) in [6, 6.07) is 4.76. The number of nitrogens with one attached hydrogen (secondary N) is 1. The number of hydrogen-bond donors (Lipinski definition) is 2. The van der Waals surface area contributed by atoms with Crippen LogP contribution in [0.5, 0.6) is 0 Å². The van der Waals surface area contributed by atoms with Gasteiger partial charge in [0, 0.05) is 18.3 Å². The highest BCUT2D eigenvalue weighted by Crippen LogP contribution is 2.26. The largest absolute Gasteiger partial charge is 0.393 e. The summed E-state index contributed by atoms with van der Waals surface area (Å²) in [5.41, 5.74) is 6.64. The minimum atomic E-state index is -0.468. The molecule has 0 unspecified atom stereocenters. The molecule has 0 aromatic heterocycles. The van der Waals surface area contributed by atoms with Crippen molar-refractivity contribution >= 4 is 17.1 Å². The Balaban J connectivity index is 2.73. The summed E-state index contributed by atoms with van der Waals surface area (Å²) >= 11 is 0. The van der Waals surface area contributed by atoms with E-state index in [1.54, 1.807) is 12.1 Å². The number of nitro groups is 1. The van der Waals surface area contributed by atoms with Crippen LogP contribution in [0.2, 0.25) is 0 Å². The second kappa shape index (κ2) is 6.41. The van der Waals surface area contributed by atoms with E-state index in [1.165, 1.54) is 6.07 Å². The van der Waals surface area contributed by atoms with Gasteiger partial charge in [0.2, 0.25) is 0 Å². The normalized spacial score (nSPS) is 11.3. The van der Waals surface area contributed by atoms with Crippen LogP contribution in [0.3, 0.4) is 0 Å². The molecular weight excluding hydrogens is 242 g/mol. The van der Waals surface area contributed by atoms with E-state index in [0.29, 0.717) is 17.8 Å². The molecule has 1 aromatic carbocycles. The fourth-order valence-electron chi connectivity index (χ4n) is 2.31. The molecule has 3 N–H and O–H groups in total. The van der Waals surface area contributed by atoms with Crippen LogP contribution in [0.4, 0.5) is 17.1 Å². The van der Waals surface area contributed by atoms with Crippen molar-refractivity contribution < 1.29 is 4.92 Å². The van der Waals surface area contributed by atoms with Crippen LogP contribution in [0.15, 0.2) is 18.2 Å². The number of nitrogens with two attached hydrogens (primary N) is 1. The average molecular weight is 265 g/mol. The van der Waals surface area contributed by atoms with Crippen LogP contribution in [0.25, 0.3) is 0 Å². The zero-order chi connectivity index (χ0) is 14.6. The van der Waals surface area contributed by atoms with Gasteiger partial charge in [0.25, 0.3) is 5.69 Å². The fraction of sp³-hybridized carbons (Fsp3) is 0.571. The second-order valence-corrected chi connectivity index (χ2v) is 5.56. The maximum atomic E-state index is 10.7. The van der Waals surface area contributed by atoms with Gasteiger partial charge in [0.05, 0.1) is 4.92 Å². The Hall–Kier alpha value is -1.78. The summed E-state index contributed by atoms with van der Waals surface area (Å²) in [5, 5.41) is 14.0. The van der Waals surface area contributed by atoms with Gasteiger partial charge in [-0.25, -0.2) is 0 Å². The Morgan fingerprint density at radius 3 is 2.26 bits per heavy atom. The van der Waals surface area contributed by atoms with Crippen LogP contribution < -0.4 is 11.1 Å². The minimum Gasteiger partial charge on any atom is -0.393 e. The first-order chi connectivity index (χ1) is 8.82. The number of hydrogen-bond acceptors (Lipinski definition) is 4. The summed E-state index contributed by atoms with van der Waals surface area (Å²) in [5.74, 6) is 1.72. The van der Waals surface area contributed by atoms with Crippen LogP contribution in [-0.4, -0.2) is 11.5 Å². The Morgan fingerprint density at radius 1 is 1.26 bits per heavy atom. The van der Waals surface area contributed by atoms with Gasteiger partial charge in [-0.1, -0.05) is 27.7 Å². The Morgan fingerprint density at radius 2 is 1.84 bits per heavy atom. The molecule has 0 atom stereocenters.